The molecule has 0 saturated heterocycles. The predicted molar refractivity (Wildman–Crippen MR) is 87.0 cm³/mol. The lowest BCUT2D eigenvalue weighted by Crippen LogP contribution is -2.43. The number of benzene rings is 1. The van der Waals surface area contributed by atoms with Crippen LogP contribution in [-0.4, -0.2) is 43.2 Å². The zero-order valence-electron chi connectivity index (χ0n) is 13.9. The van der Waals surface area contributed by atoms with Crippen LogP contribution in [0.3, 0.4) is 0 Å². The van der Waals surface area contributed by atoms with Crippen molar-refractivity contribution in [2.24, 2.45) is 5.92 Å². The largest absolute Gasteiger partial charge is 0.480 e. The molecule has 1 heterocycles. The third-order valence-electron chi connectivity index (χ3n) is 3.39. The van der Waals surface area contributed by atoms with Crippen LogP contribution in [0.15, 0.2) is 24.3 Å². The summed E-state index contributed by atoms with van der Waals surface area (Å²) in [5.41, 5.74) is 1.92. The zero-order valence-corrected chi connectivity index (χ0v) is 13.9. The normalized spacial score (nSPS) is 12.2. The SMILES string of the molecule is Cc1ccc(-c2nnn(CC(=O)N[C@H](CC(C)C)C(=O)O)n2)cc1. The first-order chi connectivity index (χ1) is 11.3. The van der Waals surface area contributed by atoms with Crippen LogP contribution in [0.2, 0.25) is 0 Å². The molecule has 0 fully saturated rings. The van der Waals surface area contributed by atoms with Crippen LogP contribution < -0.4 is 5.32 Å². The molecule has 8 nitrogen and oxygen atoms in total. The number of amides is 1. The second-order valence-electron chi connectivity index (χ2n) is 6.10. The number of rotatable bonds is 7. The summed E-state index contributed by atoms with van der Waals surface area (Å²) < 4.78 is 0. The Morgan fingerprint density at radius 3 is 2.50 bits per heavy atom. The number of aliphatic carboxylic acids is 1. The minimum Gasteiger partial charge on any atom is -0.480 e. The summed E-state index contributed by atoms with van der Waals surface area (Å²) >= 11 is 0. The maximum absolute atomic E-state index is 12.0. The van der Waals surface area contributed by atoms with Crippen molar-refractivity contribution in [3.05, 3.63) is 29.8 Å². The van der Waals surface area contributed by atoms with E-state index >= 15 is 0 Å². The first-order valence-corrected chi connectivity index (χ1v) is 7.72. The molecule has 0 spiro atoms. The number of nitrogens with zero attached hydrogens (tertiary/aromatic N) is 4. The van der Waals surface area contributed by atoms with E-state index in [0.717, 1.165) is 15.9 Å². The zero-order chi connectivity index (χ0) is 17.7. The van der Waals surface area contributed by atoms with Crippen molar-refractivity contribution in [2.75, 3.05) is 0 Å². The molecule has 0 aliphatic rings. The van der Waals surface area contributed by atoms with Gasteiger partial charge in [-0.2, -0.15) is 4.80 Å². The Morgan fingerprint density at radius 1 is 1.25 bits per heavy atom. The molecule has 0 saturated carbocycles. The lowest BCUT2D eigenvalue weighted by Gasteiger charge is -2.16. The Hall–Kier alpha value is -2.77. The number of carbonyl (C=O) groups is 2. The van der Waals surface area contributed by atoms with Crippen molar-refractivity contribution in [3.8, 4) is 11.4 Å². The Kier molecular flexibility index (Phi) is 5.62. The van der Waals surface area contributed by atoms with Crippen molar-refractivity contribution in [1.29, 1.82) is 0 Å². The number of tetrazole rings is 1. The topological polar surface area (TPSA) is 110 Å². The molecule has 128 valence electrons. The summed E-state index contributed by atoms with van der Waals surface area (Å²) in [5, 5.41) is 23.5. The monoisotopic (exact) mass is 331 g/mol. The second-order valence-corrected chi connectivity index (χ2v) is 6.10. The lowest BCUT2D eigenvalue weighted by atomic mass is 10.0. The van der Waals surface area contributed by atoms with Gasteiger partial charge in [-0.3, -0.25) is 4.79 Å². The molecule has 24 heavy (non-hydrogen) atoms. The number of hydrogen-bond acceptors (Lipinski definition) is 5. The number of carbonyl (C=O) groups excluding carboxylic acids is 1. The molecule has 0 aliphatic carbocycles. The van der Waals surface area contributed by atoms with Crippen molar-refractivity contribution in [2.45, 2.75) is 39.8 Å². The molecule has 0 aliphatic heterocycles. The fraction of sp³-hybridized carbons (Fsp3) is 0.438. The fourth-order valence-corrected chi connectivity index (χ4v) is 2.19. The van der Waals surface area contributed by atoms with Gasteiger partial charge in [0.05, 0.1) is 0 Å². The summed E-state index contributed by atoms with van der Waals surface area (Å²) in [7, 11) is 0. The van der Waals surface area contributed by atoms with Gasteiger partial charge < -0.3 is 10.4 Å². The molecule has 1 aromatic carbocycles. The highest BCUT2D eigenvalue weighted by atomic mass is 16.4. The fourth-order valence-electron chi connectivity index (χ4n) is 2.19. The third kappa shape index (κ3) is 4.87. The van der Waals surface area contributed by atoms with Gasteiger partial charge in [0.15, 0.2) is 0 Å². The predicted octanol–water partition coefficient (Wildman–Crippen LogP) is 1.26. The standard InChI is InChI=1S/C16H21N5O3/c1-10(2)8-13(16(23)24)17-14(22)9-21-19-15(18-20-21)12-6-4-11(3)5-7-12/h4-7,10,13H,8-9H2,1-3H3,(H,17,22)(H,23,24)/t13-/m1/s1. The number of carboxylic acids is 1. The molecule has 1 aromatic heterocycles. The van der Waals surface area contributed by atoms with E-state index < -0.39 is 17.9 Å². The molecule has 0 unspecified atom stereocenters. The van der Waals surface area contributed by atoms with E-state index in [0.29, 0.717) is 12.2 Å². The highest BCUT2D eigenvalue weighted by molar-refractivity contribution is 5.83. The van der Waals surface area contributed by atoms with E-state index in [9.17, 15) is 9.59 Å². The van der Waals surface area contributed by atoms with Gasteiger partial charge in [-0.1, -0.05) is 43.7 Å². The summed E-state index contributed by atoms with van der Waals surface area (Å²) in [6.07, 6.45) is 0.362. The van der Waals surface area contributed by atoms with Gasteiger partial charge >= 0.3 is 5.97 Å². The van der Waals surface area contributed by atoms with Gasteiger partial charge in [-0.15, -0.1) is 10.2 Å². The number of carboxylic acid groups (broad SMARTS) is 1. The van der Waals surface area contributed by atoms with E-state index in [2.05, 4.69) is 20.7 Å². The molecule has 0 radical (unpaired) electrons. The summed E-state index contributed by atoms with van der Waals surface area (Å²) in [4.78, 5) is 24.3. The maximum Gasteiger partial charge on any atom is 0.326 e. The van der Waals surface area contributed by atoms with E-state index in [4.69, 9.17) is 5.11 Å². The van der Waals surface area contributed by atoms with Gasteiger partial charge in [-0.25, -0.2) is 4.79 Å². The first kappa shape index (κ1) is 17.6. The number of aromatic nitrogens is 4. The van der Waals surface area contributed by atoms with Crippen molar-refractivity contribution < 1.29 is 14.7 Å². The molecule has 2 N–H and O–H groups in total. The Bertz CT molecular complexity index is 709. The Morgan fingerprint density at radius 2 is 1.92 bits per heavy atom. The number of nitrogens with one attached hydrogen (secondary N) is 1. The molecular weight excluding hydrogens is 310 g/mol. The average Bonchev–Trinajstić information content (AvgIpc) is 2.95. The van der Waals surface area contributed by atoms with E-state index in [1.165, 1.54) is 0 Å². The Labute approximate surface area is 139 Å². The smallest absolute Gasteiger partial charge is 0.326 e. The van der Waals surface area contributed by atoms with Gasteiger partial charge in [0.1, 0.15) is 12.6 Å². The molecular formula is C16H21N5O3. The molecule has 1 atom stereocenters. The highest BCUT2D eigenvalue weighted by Gasteiger charge is 2.21. The van der Waals surface area contributed by atoms with Crippen molar-refractivity contribution >= 4 is 11.9 Å². The summed E-state index contributed by atoms with van der Waals surface area (Å²) in [6.45, 7) is 5.60. The number of hydrogen-bond donors (Lipinski definition) is 2. The lowest BCUT2D eigenvalue weighted by molar-refractivity contribution is -0.142. The highest BCUT2D eigenvalue weighted by Crippen LogP contribution is 2.13. The maximum atomic E-state index is 12.0. The van der Waals surface area contributed by atoms with Crippen LogP contribution in [0.5, 0.6) is 0 Å². The quantitative estimate of drug-likeness (QED) is 0.790. The molecule has 2 aromatic rings. The van der Waals surface area contributed by atoms with Crippen LogP contribution in [0, 0.1) is 12.8 Å². The van der Waals surface area contributed by atoms with Gasteiger partial charge in [0.25, 0.3) is 0 Å². The van der Waals surface area contributed by atoms with Crippen LogP contribution in [0.4, 0.5) is 0 Å². The molecule has 2 rings (SSSR count). The van der Waals surface area contributed by atoms with Crippen molar-refractivity contribution in [3.63, 3.8) is 0 Å². The molecule has 8 heteroatoms. The summed E-state index contributed by atoms with van der Waals surface area (Å²) in [5.74, 6) is -0.941. The van der Waals surface area contributed by atoms with E-state index in [1.54, 1.807) is 0 Å². The molecule has 1 amide bonds. The Balaban J connectivity index is 1.99. The van der Waals surface area contributed by atoms with Crippen LogP contribution in [-0.2, 0) is 16.1 Å². The van der Waals surface area contributed by atoms with Crippen LogP contribution >= 0.6 is 0 Å². The third-order valence-corrected chi connectivity index (χ3v) is 3.39. The second kappa shape index (κ2) is 7.67. The van der Waals surface area contributed by atoms with Crippen LogP contribution in [0.1, 0.15) is 25.8 Å². The summed E-state index contributed by atoms with van der Waals surface area (Å²) in [6, 6.07) is 6.70. The van der Waals surface area contributed by atoms with Gasteiger partial charge in [0.2, 0.25) is 11.7 Å². The van der Waals surface area contributed by atoms with Gasteiger partial charge in [-0.05, 0) is 24.5 Å². The molecule has 0 bridgehead atoms. The minimum absolute atomic E-state index is 0.157. The minimum atomic E-state index is -1.05. The van der Waals surface area contributed by atoms with E-state index in [1.807, 2.05) is 45.0 Å². The average molecular weight is 331 g/mol. The first-order valence-electron chi connectivity index (χ1n) is 7.72. The van der Waals surface area contributed by atoms with Crippen LogP contribution in [0.25, 0.3) is 11.4 Å². The number of aryl methyl sites for hydroxylation is 1. The van der Waals surface area contributed by atoms with E-state index in [-0.39, 0.29) is 12.5 Å². The van der Waals surface area contributed by atoms with Crippen molar-refractivity contribution in [1.82, 2.24) is 25.5 Å². The van der Waals surface area contributed by atoms with Gasteiger partial charge in [0, 0.05) is 5.56 Å².